The highest BCUT2D eigenvalue weighted by Gasteiger charge is 2.22. The van der Waals surface area contributed by atoms with Gasteiger partial charge in [0, 0.05) is 6.07 Å². The van der Waals surface area contributed by atoms with E-state index in [9.17, 15) is 4.39 Å². The minimum absolute atomic E-state index is 0.0379. The fraction of sp³-hybridized carbons (Fsp3) is 0.647. The lowest BCUT2D eigenvalue weighted by molar-refractivity contribution is 0.266. The predicted molar refractivity (Wildman–Crippen MR) is 88.0 cm³/mol. The number of benzene rings is 1. The molecule has 0 aliphatic carbocycles. The Balaban J connectivity index is 3.12. The first-order chi connectivity index (χ1) is 10.6. The molecule has 0 saturated heterocycles. The van der Waals surface area contributed by atoms with Gasteiger partial charge in [0.15, 0.2) is 11.5 Å². The number of hydrogen-bond donors (Lipinski definition) is 2. The molecule has 0 aliphatic heterocycles. The molecule has 1 atom stereocenters. The minimum Gasteiger partial charge on any atom is -0.490 e. The highest BCUT2D eigenvalue weighted by molar-refractivity contribution is 5.45. The second kappa shape index (κ2) is 9.64. The van der Waals surface area contributed by atoms with E-state index in [-0.39, 0.29) is 17.7 Å². The molecule has 0 radical (unpaired) electrons. The first-order valence-corrected chi connectivity index (χ1v) is 8.08. The van der Waals surface area contributed by atoms with E-state index >= 15 is 0 Å². The molecule has 0 amide bonds. The van der Waals surface area contributed by atoms with Gasteiger partial charge in [-0.2, -0.15) is 0 Å². The molecular formula is C17H29FN2O2. The minimum atomic E-state index is -0.297. The maximum atomic E-state index is 14.4. The Bertz CT molecular complexity index is 451. The molecule has 1 rings (SSSR count). The fourth-order valence-electron chi connectivity index (χ4n) is 2.31. The van der Waals surface area contributed by atoms with Crippen LogP contribution in [0.15, 0.2) is 12.1 Å². The van der Waals surface area contributed by atoms with E-state index in [0.717, 1.165) is 12.8 Å². The van der Waals surface area contributed by atoms with Crippen molar-refractivity contribution in [1.29, 1.82) is 0 Å². The van der Waals surface area contributed by atoms with E-state index in [2.05, 4.69) is 0 Å². The van der Waals surface area contributed by atoms with Crippen LogP contribution in [0.5, 0.6) is 11.5 Å². The molecule has 1 unspecified atom stereocenters. The first kappa shape index (κ1) is 18.7. The van der Waals surface area contributed by atoms with E-state index in [4.69, 9.17) is 20.9 Å². The lowest BCUT2D eigenvalue weighted by Gasteiger charge is -2.23. The molecule has 1 aromatic carbocycles. The Hall–Kier alpha value is -1.33. The molecule has 126 valence electrons. The van der Waals surface area contributed by atoms with Crippen LogP contribution in [0.2, 0.25) is 0 Å². The van der Waals surface area contributed by atoms with Crippen LogP contribution in [0.1, 0.15) is 45.1 Å². The number of halogens is 1. The van der Waals surface area contributed by atoms with Crippen LogP contribution in [-0.2, 0) is 0 Å². The molecular weight excluding hydrogens is 283 g/mol. The monoisotopic (exact) mass is 312 g/mol. The van der Waals surface area contributed by atoms with Crippen molar-refractivity contribution in [2.45, 2.75) is 39.5 Å². The SMILES string of the molecule is CCCOc1cc(F)c(C(C)C(CN)CN)cc1OCCC. The molecule has 0 saturated carbocycles. The Morgan fingerprint density at radius 3 is 1.95 bits per heavy atom. The van der Waals surface area contributed by atoms with E-state index in [1.807, 2.05) is 20.8 Å². The molecule has 5 heteroatoms. The third-order valence-electron chi connectivity index (χ3n) is 3.79. The van der Waals surface area contributed by atoms with E-state index < -0.39 is 0 Å². The molecule has 0 fully saturated rings. The summed E-state index contributed by atoms with van der Waals surface area (Å²) in [6.07, 6.45) is 1.74. The van der Waals surface area contributed by atoms with Crippen LogP contribution in [0.3, 0.4) is 0 Å². The average Bonchev–Trinajstić information content (AvgIpc) is 2.52. The normalized spacial score (nSPS) is 12.5. The lowest BCUT2D eigenvalue weighted by atomic mass is 9.87. The summed E-state index contributed by atoms with van der Waals surface area (Å²) in [6.45, 7) is 7.93. The van der Waals surface area contributed by atoms with Crippen LogP contribution >= 0.6 is 0 Å². The van der Waals surface area contributed by atoms with Gasteiger partial charge in [-0.05, 0) is 49.4 Å². The van der Waals surface area contributed by atoms with Gasteiger partial charge in [0.05, 0.1) is 13.2 Å². The van der Waals surface area contributed by atoms with Crippen LogP contribution < -0.4 is 20.9 Å². The summed E-state index contributed by atoms with van der Waals surface area (Å²) in [6, 6.07) is 3.15. The van der Waals surface area contributed by atoms with Gasteiger partial charge >= 0.3 is 0 Å². The van der Waals surface area contributed by atoms with Gasteiger partial charge in [-0.1, -0.05) is 20.8 Å². The van der Waals surface area contributed by atoms with Gasteiger partial charge in [0.25, 0.3) is 0 Å². The zero-order valence-corrected chi connectivity index (χ0v) is 13.9. The van der Waals surface area contributed by atoms with Crippen molar-refractivity contribution in [1.82, 2.24) is 0 Å². The van der Waals surface area contributed by atoms with E-state index in [1.54, 1.807) is 6.07 Å². The molecule has 0 heterocycles. The molecule has 1 aromatic rings. The average molecular weight is 312 g/mol. The number of hydrogen-bond acceptors (Lipinski definition) is 4. The van der Waals surface area contributed by atoms with Gasteiger partial charge < -0.3 is 20.9 Å². The van der Waals surface area contributed by atoms with Gasteiger partial charge in [-0.25, -0.2) is 4.39 Å². The lowest BCUT2D eigenvalue weighted by Crippen LogP contribution is -2.28. The predicted octanol–water partition coefficient (Wildman–Crippen LogP) is 3.04. The Labute approximate surface area is 133 Å². The standard InChI is InChI=1S/C17H29FN2O2/c1-4-6-21-16-8-14(12(3)13(10-19)11-20)15(18)9-17(16)22-7-5-2/h8-9,12-13H,4-7,10-11,19-20H2,1-3H3. The summed E-state index contributed by atoms with van der Waals surface area (Å²) in [7, 11) is 0. The topological polar surface area (TPSA) is 70.5 Å². The van der Waals surface area contributed by atoms with Gasteiger partial charge in [0.2, 0.25) is 0 Å². The molecule has 0 aromatic heterocycles. The summed E-state index contributed by atoms with van der Waals surface area (Å²) in [5.41, 5.74) is 12.0. The molecule has 0 bridgehead atoms. The van der Waals surface area contributed by atoms with Crippen molar-refractivity contribution in [2.75, 3.05) is 26.3 Å². The summed E-state index contributed by atoms with van der Waals surface area (Å²) in [4.78, 5) is 0. The maximum absolute atomic E-state index is 14.4. The number of ether oxygens (including phenoxy) is 2. The number of rotatable bonds is 10. The molecule has 0 spiro atoms. The zero-order valence-electron chi connectivity index (χ0n) is 13.9. The van der Waals surface area contributed by atoms with Gasteiger partial charge in [-0.15, -0.1) is 0 Å². The van der Waals surface area contributed by atoms with Gasteiger partial charge in [-0.3, -0.25) is 0 Å². The summed E-state index contributed by atoms with van der Waals surface area (Å²) < 4.78 is 25.8. The van der Waals surface area contributed by atoms with Crippen molar-refractivity contribution < 1.29 is 13.9 Å². The van der Waals surface area contributed by atoms with Crippen LogP contribution in [0.4, 0.5) is 4.39 Å². The van der Waals surface area contributed by atoms with Crippen molar-refractivity contribution >= 4 is 0 Å². The van der Waals surface area contributed by atoms with Crippen LogP contribution in [0.25, 0.3) is 0 Å². The quantitative estimate of drug-likeness (QED) is 0.696. The van der Waals surface area contributed by atoms with Crippen molar-refractivity contribution in [3.8, 4) is 11.5 Å². The summed E-state index contributed by atoms with van der Waals surface area (Å²) in [5.74, 6) is 0.719. The van der Waals surface area contributed by atoms with Crippen molar-refractivity contribution in [3.05, 3.63) is 23.5 Å². The molecule has 4 nitrogen and oxygen atoms in total. The Kier molecular flexibility index (Phi) is 8.20. The van der Waals surface area contributed by atoms with E-state index in [0.29, 0.717) is 43.4 Å². The smallest absolute Gasteiger partial charge is 0.164 e. The maximum Gasteiger partial charge on any atom is 0.164 e. The van der Waals surface area contributed by atoms with Gasteiger partial charge in [0.1, 0.15) is 5.82 Å². The fourth-order valence-corrected chi connectivity index (χ4v) is 2.31. The number of nitrogens with two attached hydrogens (primary N) is 2. The largest absolute Gasteiger partial charge is 0.490 e. The molecule has 4 N–H and O–H groups in total. The van der Waals surface area contributed by atoms with Crippen LogP contribution in [-0.4, -0.2) is 26.3 Å². The summed E-state index contributed by atoms with van der Waals surface area (Å²) in [5, 5.41) is 0. The second-order valence-electron chi connectivity index (χ2n) is 5.54. The highest BCUT2D eigenvalue weighted by atomic mass is 19.1. The third kappa shape index (κ3) is 4.85. The Morgan fingerprint density at radius 1 is 1.00 bits per heavy atom. The second-order valence-corrected chi connectivity index (χ2v) is 5.54. The third-order valence-corrected chi connectivity index (χ3v) is 3.79. The molecule has 0 aliphatic rings. The Morgan fingerprint density at radius 2 is 1.50 bits per heavy atom. The van der Waals surface area contributed by atoms with Crippen LogP contribution in [0, 0.1) is 11.7 Å². The van der Waals surface area contributed by atoms with E-state index in [1.165, 1.54) is 6.07 Å². The van der Waals surface area contributed by atoms with Crippen molar-refractivity contribution in [3.63, 3.8) is 0 Å². The zero-order chi connectivity index (χ0) is 16.5. The molecule has 22 heavy (non-hydrogen) atoms. The van der Waals surface area contributed by atoms with Crippen molar-refractivity contribution in [2.24, 2.45) is 17.4 Å². The highest BCUT2D eigenvalue weighted by Crippen LogP contribution is 2.35. The first-order valence-electron chi connectivity index (χ1n) is 8.08. The summed E-state index contributed by atoms with van der Waals surface area (Å²) >= 11 is 0.